The minimum atomic E-state index is -0.125. The van der Waals surface area contributed by atoms with E-state index in [9.17, 15) is 0 Å². The van der Waals surface area contributed by atoms with Crippen LogP contribution in [-0.2, 0) is 0 Å². The molecule has 2 nitrogen and oxygen atoms in total. The zero-order chi connectivity index (χ0) is 14.4. The van der Waals surface area contributed by atoms with Gasteiger partial charge < -0.3 is 10.8 Å². The van der Waals surface area contributed by atoms with Crippen LogP contribution >= 0.6 is 12.4 Å². The van der Waals surface area contributed by atoms with E-state index in [1.165, 1.54) is 32.3 Å². The van der Waals surface area contributed by atoms with E-state index in [4.69, 9.17) is 10.8 Å². The number of aliphatic hydroxyl groups is 1. The molecule has 0 saturated carbocycles. The molecule has 4 rings (SSSR count). The van der Waals surface area contributed by atoms with Crippen molar-refractivity contribution in [3.05, 3.63) is 60.2 Å². The van der Waals surface area contributed by atoms with E-state index in [0.29, 0.717) is 6.42 Å². The van der Waals surface area contributed by atoms with Gasteiger partial charge in [0, 0.05) is 12.6 Å². The van der Waals surface area contributed by atoms with Gasteiger partial charge in [-0.2, -0.15) is 0 Å². The second-order valence-electron chi connectivity index (χ2n) is 5.63. The van der Waals surface area contributed by atoms with Crippen molar-refractivity contribution in [1.82, 2.24) is 0 Å². The number of hydrogen-bond donors (Lipinski definition) is 2. The molecule has 0 heterocycles. The van der Waals surface area contributed by atoms with E-state index < -0.39 is 0 Å². The molecule has 3 N–H and O–H groups in total. The fourth-order valence-corrected chi connectivity index (χ4v) is 3.38. The van der Waals surface area contributed by atoms with Gasteiger partial charge in [0.05, 0.1) is 0 Å². The van der Waals surface area contributed by atoms with Gasteiger partial charge in [-0.3, -0.25) is 0 Å². The van der Waals surface area contributed by atoms with Gasteiger partial charge in [-0.25, -0.2) is 0 Å². The topological polar surface area (TPSA) is 46.2 Å². The van der Waals surface area contributed by atoms with Crippen molar-refractivity contribution in [3.63, 3.8) is 0 Å². The standard InChI is InChI=1S/C19H17NO.ClH/c20-17(10-11-21)15-8-6-14-5-4-12-2-1-3-13-7-9-16(15)19(14)18(12)13;/h1-9,17,21H,10-11,20H2;1H/t17-;/m0./s1. The molecule has 1 atom stereocenters. The highest BCUT2D eigenvalue weighted by atomic mass is 35.5. The van der Waals surface area contributed by atoms with E-state index in [2.05, 4.69) is 54.6 Å². The maximum Gasteiger partial charge on any atom is 0.0449 e. The van der Waals surface area contributed by atoms with Crippen molar-refractivity contribution in [2.75, 3.05) is 6.61 Å². The van der Waals surface area contributed by atoms with Gasteiger partial charge in [0.2, 0.25) is 0 Å². The fraction of sp³-hybridized carbons (Fsp3) is 0.158. The molecule has 4 aromatic carbocycles. The van der Waals surface area contributed by atoms with Gasteiger partial charge in [-0.15, -0.1) is 12.4 Å². The second-order valence-corrected chi connectivity index (χ2v) is 5.63. The van der Waals surface area contributed by atoms with Crippen LogP contribution in [0.2, 0.25) is 0 Å². The predicted octanol–water partition coefficient (Wildman–Crippen LogP) is 4.39. The minimum Gasteiger partial charge on any atom is -0.396 e. The summed E-state index contributed by atoms with van der Waals surface area (Å²) < 4.78 is 0. The van der Waals surface area contributed by atoms with Gasteiger partial charge >= 0.3 is 0 Å². The summed E-state index contributed by atoms with van der Waals surface area (Å²) in [6, 6.07) is 19.2. The Hall–Kier alpha value is -1.87. The highest BCUT2D eigenvalue weighted by Crippen LogP contribution is 2.37. The number of halogens is 1. The lowest BCUT2D eigenvalue weighted by molar-refractivity contribution is 0.277. The molecule has 0 aliphatic carbocycles. The molecule has 0 saturated heterocycles. The van der Waals surface area contributed by atoms with Gasteiger partial charge in [-0.05, 0) is 44.3 Å². The molecule has 0 amide bonds. The SMILES string of the molecule is Cl.N[C@@H](CCO)c1ccc2ccc3cccc4ccc1c2c34. The van der Waals surface area contributed by atoms with E-state index in [1.54, 1.807) is 0 Å². The van der Waals surface area contributed by atoms with E-state index in [1.807, 2.05) is 0 Å². The summed E-state index contributed by atoms with van der Waals surface area (Å²) in [5.41, 5.74) is 7.36. The Balaban J connectivity index is 0.00000144. The van der Waals surface area contributed by atoms with Crippen molar-refractivity contribution < 1.29 is 5.11 Å². The van der Waals surface area contributed by atoms with Crippen LogP contribution in [0.5, 0.6) is 0 Å². The first-order valence-electron chi connectivity index (χ1n) is 7.32. The fourth-order valence-electron chi connectivity index (χ4n) is 3.38. The third kappa shape index (κ3) is 2.12. The van der Waals surface area contributed by atoms with Crippen LogP contribution in [0.25, 0.3) is 32.3 Å². The summed E-state index contributed by atoms with van der Waals surface area (Å²) in [6.45, 7) is 0.114. The molecule has 0 aliphatic rings. The zero-order valence-corrected chi connectivity index (χ0v) is 12.9. The Morgan fingerprint density at radius 3 is 2.09 bits per heavy atom. The summed E-state index contributed by atoms with van der Waals surface area (Å²) >= 11 is 0. The highest BCUT2D eigenvalue weighted by molar-refractivity contribution is 6.23. The lowest BCUT2D eigenvalue weighted by Gasteiger charge is -2.17. The molecule has 0 fully saturated rings. The zero-order valence-electron chi connectivity index (χ0n) is 12.1. The third-order valence-corrected chi connectivity index (χ3v) is 4.40. The van der Waals surface area contributed by atoms with Crippen LogP contribution in [0.15, 0.2) is 54.6 Å². The maximum atomic E-state index is 9.16. The number of hydrogen-bond acceptors (Lipinski definition) is 2. The number of nitrogens with two attached hydrogens (primary N) is 1. The lowest BCUT2D eigenvalue weighted by atomic mass is 9.89. The highest BCUT2D eigenvalue weighted by Gasteiger charge is 2.14. The van der Waals surface area contributed by atoms with Crippen LogP contribution in [-0.4, -0.2) is 11.7 Å². The maximum absolute atomic E-state index is 9.16. The van der Waals surface area contributed by atoms with Gasteiger partial charge in [-0.1, -0.05) is 54.6 Å². The molecule has 3 heteroatoms. The number of benzene rings is 4. The first-order valence-corrected chi connectivity index (χ1v) is 7.32. The Labute approximate surface area is 135 Å². The molecule has 112 valence electrons. The third-order valence-electron chi connectivity index (χ3n) is 4.40. The molecule has 0 spiro atoms. The molecule has 0 unspecified atom stereocenters. The summed E-state index contributed by atoms with van der Waals surface area (Å²) in [7, 11) is 0. The van der Waals surface area contributed by atoms with E-state index in [0.717, 1.165) is 5.56 Å². The molecule has 0 aromatic heterocycles. The molecular weight excluding hydrogens is 294 g/mol. The van der Waals surface area contributed by atoms with Crippen molar-refractivity contribution >= 4 is 44.7 Å². The van der Waals surface area contributed by atoms with Crippen LogP contribution in [0.1, 0.15) is 18.0 Å². The average Bonchev–Trinajstić information content (AvgIpc) is 2.52. The van der Waals surface area contributed by atoms with Gasteiger partial charge in [0.15, 0.2) is 0 Å². The van der Waals surface area contributed by atoms with Crippen LogP contribution in [0.3, 0.4) is 0 Å². The summed E-state index contributed by atoms with van der Waals surface area (Å²) in [5.74, 6) is 0. The smallest absolute Gasteiger partial charge is 0.0449 e. The van der Waals surface area contributed by atoms with Crippen molar-refractivity contribution in [3.8, 4) is 0 Å². The normalized spacial score (nSPS) is 12.8. The predicted molar refractivity (Wildman–Crippen MR) is 96.0 cm³/mol. The van der Waals surface area contributed by atoms with E-state index in [-0.39, 0.29) is 25.1 Å². The minimum absolute atomic E-state index is 0. The molecular formula is C19H18ClNO. The first kappa shape index (κ1) is 15.0. The Morgan fingerprint density at radius 2 is 1.41 bits per heavy atom. The van der Waals surface area contributed by atoms with E-state index >= 15 is 0 Å². The molecule has 0 aliphatic heterocycles. The summed E-state index contributed by atoms with van der Waals surface area (Å²) in [4.78, 5) is 0. The first-order chi connectivity index (χ1) is 10.3. The van der Waals surface area contributed by atoms with Gasteiger partial charge in [0.1, 0.15) is 0 Å². The second kappa shape index (κ2) is 5.73. The van der Waals surface area contributed by atoms with Crippen molar-refractivity contribution in [1.29, 1.82) is 0 Å². The molecule has 0 bridgehead atoms. The molecule has 4 aromatic rings. The average molecular weight is 312 g/mol. The number of rotatable bonds is 3. The lowest BCUT2D eigenvalue weighted by Crippen LogP contribution is -2.12. The Morgan fingerprint density at radius 1 is 0.818 bits per heavy atom. The van der Waals surface area contributed by atoms with Crippen LogP contribution in [0, 0.1) is 0 Å². The Kier molecular flexibility index (Phi) is 3.92. The molecule has 0 radical (unpaired) electrons. The molecule has 22 heavy (non-hydrogen) atoms. The Bertz CT molecular complexity index is 919. The summed E-state index contributed by atoms with van der Waals surface area (Å²) in [5, 5.41) is 16.7. The summed E-state index contributed by atoms with van der Waals surface area (Å²) in [6.07, 6.45) is 0.587. The van der Waals surface area contributed by atoms with Crippen LogP contribution < -0.4 is 5.73 Å². The largest absolute Gasteiger partial charge is 0.396 e. The monoisotopic (exact) mass is 311 g/mol. The number of aliphatic hydroxyl groups excluding tert-OH is 1. The van der Waals surface area contributed by atoms with Crippen molar-refractivity contribution in [2.24, 2.45) is 5.73 Å². The van der Waals surface area contributed by atoms with Gasteiger partial charge in [0.25, 0.3) is 0 Å². The van der Waals surface area contributed by atoms with Crippen LogP contribution in [0.4, 0.5) is 0 Å². The van der Waals surface area contributed by atoms with Crippen molar-refractivity contribution in [2.45, 2.75) is 12.5 Å². The quantitative estimate of drug-likeness (QED) is 0.551.